The number of fused-ring (bicyclic) bond motifs is 1. The molecule has 7 nitrogen and oxygen atoms in total. The Labute approximate surface area is 227 Å². The highest BCUT2D eigenvalue weighted by Crippen LogP contribution is 2.40. The quantitative estimate of drug-likeness (QED) is 0.394. The van der Waals surface area contributed by atoms with Gasteiger partial charge in [-0.25, -0.2) is 9.18 Å². The van der Waals surface area contributed by atoms with Crippen LogP contribution in [0.2, 0.25) is 0 Å². The number of carbonyl (C=O) groups excluding carboxylic acids is 1. The average molecular weight is 534 g/mol. The molecular formula is C31H32FNO6. The monoisotopic (exact) mass is 533 g/mol. The van der Waals surface area contributed by atoms with Gasteiger partial charge in [0.25, 0.3) is 5.91 Å². The minimum atomic E-state index is -1.13. The molecule has 3 aromatic rings. The first-order valence-corrected chi connectivity index (χ1v) is 13.2. The lowest BCUT2D eigenvalue weighted by molar-refractivity contribution is -0.160. The van der Waals surface area contributed by atoms with Crippen LogP contribution in [0.25, 0.3) is 0 Å². The molecule has 1 N–H and O–H groups in total. The van der Waals surface area contributed by atoms with Gasteiger partial charge in [-0.1, -0.05) is 67.4 Å². The van der Waals surface area contributed by atoms with Crippen molar-refractivity contribution in [3.63, 3.8) is 0 Å². The fourth-order valence-electron chi connectivity index (χ4n) is 5.43. The summed E-state index contributed by atoms with van der Waals surface area (Å²) in [5, 5.41) is 10.2. The van der Waals surface area contributed by atoms with E-state index in [2.05, 4.69) is 0 Å². The highest BCUT2D eigenvalue weighted by Gasteiger charge is 2.41. The van der Waals surface area contributed by atoms with Crippen LogP contribution in [0.3, 0.4) is 0 Å². The minimum Gasteiger partial charge on any atom is -0.493 e. The first-order chi connectivity index (χ1) is 19.0. The normalized spacial score (nSPS) is 17.9. The molecule has 2 atom stereocenters. The molecule has 2 aliphatic rings. The zero-order chi connectivity index (χ0) is 27.4. The number of carboxylic acids is 1. The number of aliphatic carboxylic acids is 1. The predicted molar refractivity (Wildman–Crippen MR) is 142 cm³/mol. The van der Waals surface area contributed by atoms with Gasteiger partial charge in [0.2, 0.25) is 0 Å². The SMILES string of the molecule is COc1ccc2c(c1OCc1ccccc1F)CC(C(=O)O)N(C(=O)C(OC1CCCC1)c1ccccc1)C2. The van der Waals surface area contributed by atoms with Gasteiger partial charge in [0.15, 0.2) is 17.6 Å². The highest BCUT2D eigenvalue weighted by atomic mass is 19.1. The smallest absolute Gasteiger partial charge is 0.326 e. The summed E-state index contributed by atoms with van der Waals surface area (Å²) in [6.07, 6.45) is 2.94. The number of hydrogen-bond acceptors (Lipinski definition) is 5. The Morgan fingerprint density at radius 3 is 2.44 bits per heavy atom. The number of halogens is 1. The van der Waals surface area contributed by atoms with Gasteiger partial charge in [-0.15, -0.1) is 0 Å². The van der Waals surface area contributed by atoms with Gasteiger partial charge < -0.3 is 24.2 Å². The topological polar surface area (TPSA) is 85.3 Å². The maximum atomic E-state index is 14.2. The summed E-state index contributed by atoms with van der Waals surface area (Å²) in [5.41, 5.74) is 2.45. The van der Waals surface area contributed by atoms with E-state index in [0.29, 0.717) is 28.2 Å². The Hall–Kier alpha value is -3.91. The molecule has 1 saturated carbocycles. The second kappa shape index (κ2) is 11.9. The third-order valence-electron chi connectivity index (χ3n) is 7.51. The van der Waals surface area contributed by atoms with Crippen molar-refractivity contribution in [3.8, 4) is 11.5 Å². The number of amides is 1. The maximum absolute atomic E-state index is 14.2. The van der Waals surface area contributed by atoms with Crippen molar-refractivity contribution in [2.24, 2.45) is 0 Å². The third kappa shape index (κ3) is 5.76. The minimum absolute atomic E-state index is 0.0190. The van der Waals surface area contributed by atoms with Crippen LogP contribution in [0.4, 0.5) is 4.39 Å². The molecule has 1 fully saturated rings. The van der Waals surface area contributed by atoms with Crippen molar-refractivity contribution in [2.45, 2.75) is 63.5 Å². The van der Waals surface area contributed by atoms with Gasteiger partial charge in [0, 0.05) is 24.1 Å². The number of carbonyl (C=O) groups is 2. The number of hydrogen-bond donors (Lipinski definition) is 1. The van der Waals surface area contributed by atoms with Crippen molar-refractivity contribution in [1.29, 1.82) is 0 Å². The number of rotatable bonds is 9. The lowest BCUT2D eigenvalue weighted by Crippen LogP contribution is -2.50. The van der Waals surface area contributed by atoms with Crippen LogP contribution >= 0.6 is 0 Å². The number of carboxylic acid groups (broad SMARTS) is 1. The van der Waals surface area contributed by atoms with Gasteiger partial charge in [-0.2, -0.15) is 0 Å². The summed E-state index contributed by atoms with van der Waals surface area (Å²) in [4.78, 5) is 27.9. The first kappa shape index (κ1) is 26.7. The lowest BCUT2D eigenvalue weighted by atomic mass is 9.91. The summed E-state index contributed by atoms with van der Waals surface area (Å²) < 4.78 is 32.1. The second-order valence-electron chi connectivity index (χ2n) is 9.97. The van der Waals surface area contributed by atoms with Crippen molar-refractivity contribution in [3.05, 3.63) is 94.8 Å². The van der Waals surface area contributed by atoms with E-state index in [1.54, 1.807) is 24.3 Å². The molecule has 1 amide bonds. The molecule has 1 aliphatic heterocycles. The van der Waals surface area contributed by atoms with Gasteiger partial charge in [0.05, 0.1) is 13.2 Å². The molecule has 2 unspecified atom stereocenters. The summed E-state index contributed by atoms with van der Waals surface area (Å²) in [6, 6.07) is 18.0. The molecule has 0 spiro atoms. The molecule has 0 aromatic heterocycles. The van der Waals surface area contributed by atoms with E-state index in [9.17, 15) is 19.1 Å². The van der Waals surface area contributed by atoms with Crippen LogP contribution in [0.1, 0.15) is 54.0 Å². The first-order valence-electron chi connectivity index (χ1n) is 13.2. The second-order valence-corrected chi connectivity index (χ2v) is 9.97. The zero-order valence-electron chi connectivity index (χ0n) is 21.8. The molecule has 39 heavy (non-hydrogen) atoms. The molecule has 8 heteroatoms. The zero-order valence-corrected chi connectivity index (χ0v) is 21.8. The van der Waals surface area contributed by atoms with Crippen LogP contribution in [0.5, 0.6) is 11.5 Å². The number of benzene rings is 3. The van der Waals surface area contributed by atoms with Crippen LogP contribution in [0.15, 0.2) is 66.7 Å². The van der Waals surface area contributed by atoms with Crippen LogP contribution in [0, 0.1) is 5.82 Å². The maximum Gasteiger partial charge on any atom is 0.326 e. The number of ether oxygens (including phenoxy) is 3. The standard InChI is InChI=1S/C31H32FNO6/c1-37-27-16-15-21-18-33(30(34)28(20-9-3-2-4-10-20)39-23-12-6-7-13-23)26(31(35)36)17-24(21)29(27)38-19-22-11-5-8-14-25(22)32/h2-5,8-11,14-16,23,26,28H,6-7,12-13,17-19H2,1H3,(H,35,36). The van der Waals surface area contributed by atoms with E-state index >= 15 is 0 Å². The molecule has 3 aromatic carbocycles. The fraction of sp³-hybridized carbons (Fsp3) is 0.355. The molecule has 1 aliphatic carbocycles. The fourth-order valence-corrected chi connectivity index (χ4v) is 5.43. The van der Waals surface area contributed by atoms with Gasteiger partial charge in [-0.05, 0) is 36.1 Å². The third-order valence-corrected chi connectivity index (χ3v) is 7.51. The molecule has 5 rings (SSSR count). The van der Waals surface area contributed by atoms with Gasteiger partial charge in [-0.3, -0.25) is 4.79 Å². The molecule has 0 radical (unpaired) electrons. The van der Waals surface area contributed by atoms with E-state index in [1.165, 1.54) is 18.1 Å². The van der Waals surface area contributed by atoms with Gasteiger partial charge in [0.1, 0.15) is 18.5 Å². The van der Waals surface area contributed by atoms with Crippen molar-refractivity contribution in [2.75, 3.05) is 7.11 Å². The van der Waals surface area contributed by atoms with Crippen LogP contribution in [-0.2, 0) is 33.9 Å². The van der Waals surface area contributed by atoms with E-state index in [1.807, 2.05) is 36.4 Å². The van der Waals surface area contributed by atoms with Crippen molar-refractivity contribution < 1.29 is 33.3 Å². The largest absolute Gasteiger partial charge is 0.493 e. The van der Waals surface area contributed by atoms with Crippen molar-refractivity contribution in [1.82, 2.24) is 4.90 Å². The Bertz CT molecular complexity index is 1320. The van der Waals surface area contributed by atoms with Crippen molar-refractivity contribution >= 4 is 11.9 Å². The van der Waals surface area contributed by atoms with E-state index < -0.39 is 23.9 Å². The Kier molecular flexibility index (Phi) is 8.12. The highest BCUT2D eigenvalue weighted by molar-refractivity contribution is 5.88. The Morgan fingerprint density at radius 2 is 1.74 bits per heavy atom. The lowest BCUT2D eigenvalue weighted by Gasteiger charge is -2.37. The molecule has 0 saturated heterocycles. The summed E-state index contributed by atoms with van der Waals surface area (Å²) >= 11 is 0. The molecule has 1 heterocycles. The molecule has 204 valence electrons. The Morgan fingerprint density at radius 1 is 1.03 bits per heavy atom. The Balaban J connectivity index is 1.46. The molecule has 0 bridgehead atoms. The summed E-state index contributed by atoms with van der Waals surface area (Å²) in [7, 11) is 1.50. The van der Waals surface area contributed by atoms with Crippen LogP contribution in [-0.4, -0.2) is 41.1 Å². The average Bonchev–Trinajstić information content (AvgIpc) is 3.48. The summed E-state index contributed by atoms with van der Waals surface area (Å²) in [5.74, 6) is -1.12. The van der Waals surface area contributed by atoms with E-state index in [4.69, 9.17) is 14.2 Å². The van der Waals surface area contributed by atoms with E-state index in [0.717, 1.165) is 31.2 Å². The summed E-state index contributed by atoms with van der Waals surface area (Å²) in [6.45, 7) is 0.0216. The number of nitrogens with zero attached hydrogens (tertiary/aromatic N) is 1. The molecular weight excluding hydrogens is 501 g/mol. The van der Waals surface area contributed by atoms with Gasteiger partial charge >= 0.3 is 5.97 Å². The van der Waals surface area contributed by atoms with E-state index in [-0.39, 0.29) is 31.6 Å². The predicted octanol–water partition coefficient (Wildman–Crippen LogP) is 5.45. The number of methoxy groups -OCH3 is 1. The van der Waals surface area contributed by atoms with Crippen LogP contribution < -0.4 is 9.47 Å².